The van der Waals surface area contributed by atoms with Gasteiger partial charge >= 0.3 is 5.97 Å². The fraction of sp³-hybridized carbons (Fsp3) is 0.0435. The van der Waals surface area contributed by atoms with E-state index in [4.69, 9.17) is 4.74 Å². The maximum atomic E-state index is 12.8. The maximum Gasteiger partial charge on any atom is 0.339 e. The number of nitrogens with zero attached hydrogens (tertiary/aromatic N) is 2. The molecule has 7 nitrogen and oxygen atoms in total. The average Bonchev–Trinajstić information content (AvgIpc) is 2.79. The van der Waals surface area contributed by atoms with E-state index in [0.29, 0.717) is 16.9 Å². The van der Waals surface area contributed by atoms with Gasteiger partial charge in [-0.25, -0.2) is 4.79 Å². The monoisotopic (exact) mass is 398 g/mol. The van der Waals surface area contributed by atoms with Crippen LogP contribution in [0.3, 0.4) is 0 Å². The van der Waals surface area contributed by atoms with Gasteiger partial charge in [0, 0.05) is 17.8 Å². The van der Waals surface area contributed by atoms with Crippen LogP contribution in [0.25, 0.3) is 10.9 Å². The summed E-state index contributed by atoms with van der Waals surface area (Å²) in [5, 5.41) is 7.01. The molecule has 2 aromatic heterocycles. The standard InChI is InChI=1S/C23H18N4O3/c1-30-23(29)18-8-2-3-9-19(18)27-22(28)16-12-17(14-24-13-16)26-20-10-4-6-15-7-5-11-25-21(15)20/h2-14,26H,1H3,(H,27,28). The Balaban J connectivity index is 1.58. The molecule has 0 bridgehead atoms. The van der Waals surface area contributed by atoms with Crippen LogP contribution in [-0.4, -0.2) is 29.0 Å². The summed E-state index contributed by atoms with van der Waals surface area (Å²) in [4.78, 5) is 33.2. The fourth-order valence-corrected chi connectivity index (χ4v) is 3.07. The first-order valence-corrected chi connectivity index (χ1v) is 9.20. The van der Waals surface area contributed by atoms with Gasteiger partial charge in [0.05, 0.1) is 47.0 Å². The van der Waals surface area contributed by atoms with Crippen LogP contribution in [0.4, 0.5) is 17.1 Å². The predicted octanol–water partition coefficient (Wildman–Crippen LogP) is 4.41. The van der Waals surface area contributed by atoms with E-state index in [9.17, 15) is 9.59 Å². The van der Waals surface area contributed by atoms with E-state index in [0.717, 1.165) is 16.6 Å². The third-order valence-corrected chi connectivity index (χ3v) is 4.49. The highest BCUT2D eigenvalue weighted by atomic mass is 16.5. The summed E-state index contributed by atoms with van der Waals surface area (Å²) in [6.07, 6.45) is 4.82. The van der Waals surface area contributed by atoms with Gasteiger partial charge in [-0.2, -0.15) is 0 Å². The molecule has 7 heteroatoms. The highest BCUT2D eigenvalue weighted by Gasteiger charge is 2.15. The normalized spacial score (nSPS) is 10.4. The number of hydrogen-bond donors (Lipinski definition) is 2. The highest BCUT2D eigenvalue weighted by molar-refractivity contribution is 6.08. The number of hydrogen-bond acceptors (Lipinski definition) is 6. The molecule has 0 aliphatic heterocycles. The molecule has 0 fully saturated rings. The van der Waals surface area contributed by atoms with Crippen LogP contribution in [0.15, 0.2) is 79.3 Å². The van der Waals surface area contributed by atoms with Crippen LogP contribution in [0.1, 0.15) is 20.7 Å². The van der Waals surface area contributed by atoms with Crippen LogP contribution in [0, 0.1) is 0 Å². The van der Waals surface area contributed by atoms with Crippen molar-refractivity contribution in [2.24, 2.45) is 0 Å². The first-order chi connectivity index (χ1) is 14.7. The lowest BCUT2D eigenvalue weighted by Gasteiger charge is -2.11. The Kier molecular flexibility index (Phi) is 5.34. The number of carbonyl (C=O) groups excluding carboxylic acids is 2. The Hall–Kier alpha value is -4.26. The molecule has 2 N–H and O–H groups in total. The molecule has 0 saturated heterocycles. The molecule has 2 heterocycles. The molecule has 0 spiro atoms. The van der Waals surface area contributed by atoms with Gasteiger partial charge in [-0.05, 0) is 30.3 Å². The molecule has 2 aromatic carbocycles. The number of nitrogens with one attached hydrogen (secondary N) is 2. The van der Waals surface area contributed by atoms with Crippen LogP contribution in [0.2, 0.25) is 0 Å². The van der Waals surface area contributed by atoms with Gasteiger partial charge < -0.3 is 15.4 Å². The topological polar surface area (TPSA) is 93.2 Å². The van der Waals surface area contributed by atoms with Crippen molar-refractivity contribution in [3.8, 4) is 0 Å². The molecule has 1 amide bonds. The lowest BCUT2D eigenvalue weighted by Crippen LogP contribution is -2.15. The number of esters is 1. The lowest BCUT2D eigenvalue weighted by molar-refractivity contribution is 0.0602. The summed E-state index contributed by atoms with van der Waals surface area (Å²) in [5.41, 5.74) is 3.25. The van der Waals surface area contributed by atoms with Crippen LogP contribution < -0.4 is 10.6 Å². The molecule has 0 aliphatic carbocycles. The van der Waals surface area contributed by atoms with Crippen LogP contribution >= 0.6 is 0 Å². The predicted molar refractivity (Wildman–Crippen MR) is 115 cm³/mol. The van der Waals surface area contributed by atoms with E-state index in [-0.39, 0.29) is 5.56 Å². The van der Waals surface area contributed by atoms with E-state index < -0.39 is 11.9 Å². The number of carbonyl (C=O) groups is 2. The summed E-state index contributed by atoms with van der Waals surface area (Å²) >= 11 is 0. The number of fused-ring (bicyclic) bond motifs is 1. The summed E-state index contributed by atoms with van der Waals surface area (Å²) in [7, 11) is 1.29. The van der Waals surface area contributed by atoms with Crippen molar-refractivity contribution in [3.05, 3.63) is 90.4 Å². The van der Waals surface area contributed by atoms with E-state index in [1.54, 1.807) is 42.7 Å². The van der Waals surface area contributed by atoms with Crippen molar-refractivity contribution >= 4 is 39.8 Å². The zero-order valence-electron chi connectivity index (χ0n) is 16.1. The first kappa shape index (κ1) is 19.1. The molecule has 0 atom stereocenters. The van der Waals surface area contributed by atoms with Crippen molar-refractivity contribution in [2.45, 2.75) is 0 Å². The number of rotatable bonds is 5. The van der Waals surface area contributed by atoms with Gasteiger partial charge in [-0.1, -0.05) is 30.3 Å². The van der Waals surface area contributed by atoms with Crippen molar-refractivity contribution in [1.29, 1.82) is 0 Å². The Morgan fingerprint density at radius 2 is 1.73 bits per heavy atom. The molecule has 0 aliphatic rings. The molecule has 30 heavy (non-hydrogen) atoms. The second kappa shape index (κ2) is 8.40. The minimum absolute atomic E-state index is 0.275. The smallest absolute Gasteiger partial charge is 0.339 e. The average molecular weight is 398 g/mol. The van der Waals surface area contributed by atoms with E-state index in [2.05, 4.69) is 20.6 Å². The van der Waals surface area contributed by atoms with Crippen LogP contribution in [0.5, 0.6) is 0 Å². The lowest BCUT2D eigenvalue weighted by atomic mass is 10.1. The molecule has 0 radical (unpaired) electrons. The van der Waals surface area contributed by atoms with E-state index >= 15 is 0 Å². The zero-order chi connectivity index (χ0) is 20.9. The molecule has 4 aromatic rings. The number of para-hydroxylation sites is 2. The third-order valence-electron chi connectivity index (χ3n) is 4.49. The molecular formula is C23H18N4O3. The number of anilines is 3. The number of methoxy groups -OCH3 is 1. The van der Waals surface area contributed by atoms with Crippen molar-refractivity contribution in [2.75, 3.05) is 17.7 Å². The molecule has 4 rings (SSSR count). The number of pyridine rings is 2. The van der Waals surface area contributed by atoms with Crippen molar-refractivity contribution in [3.63, 3.8) is 0 Å². The number of ether oxygens (including phenoxy) is 1. The van der Waals surface area contributed by atoms with E-state index in [1.807, 2.05) is 30.3 Å². The third kappa shape index (κ3) is 3.95. The summed E-state index contributed by atoms with van der Waals surface area (Å²) < 4.78 is 4.77. The van der Waals surface area contributed by atoms with Gasteiger partial charge in [0.2, 0.25) is 0 Å². The Morgan fingerprint density at radius 3 is 2.60 bits per heavy atom. The minimum atomic E-state index is -0.525. The van der Waals surface area contributed by atoms with E-state index in [1.165, 1.54) is 13.3 Å². The van der Waals surface area contributed by atoms with Gasteiger partial charge in [0.15, 0.2) is 0 Å². The van der Waals surface area contributed by atoms with Crippen molar-refractivity contribution < 1.29 is 14.3 Å². The second-order valence-electron chi connectivity index (χ2n) is 6.46. The Bertz CT molecular complexity index is 1230. The molecule has 0 saturated carbocycles. The largest absolute Gasteiger partial charge is 0.465 e. The Labute approximate surface area is 172 Å². The second-order valence-corrected chi connectivity index (χ2v) is 6.46. The molecule has 0 unspecified atom stereocenters. The summed E-state index contributed by atoms with van der Waals surface area (Å²) in [6.45, 7) is 0. The zero-order valence-corrected chi connectivity index (χ0v) is 16.1. The minimum Gasteiger partial charge on any atom is -0.465 e. The number of aromatic nitrogens is 2. The van der Waals surface area contributed by atoms with Gasteiger partial charge in [0.1, 0.15) is 0 Å². The summed E-state index contributed by atoms with van der Waals surface area (Å²) in [6, 6.07) is 18.0. The SMILES string of the molecule is COC(=O)c1ccccc1NC(=O)c1cncc(Nc2cccc3cccnc23)c1. The molecule has 148 valence electrons. The quantitative estimate of drug-likeness (QED) is 0.484. The van der Waals surface area contributed by atoms with Crippen molar-refractivity contribution in [1.82, 2.24) is 9.97 Å². The van der Waals surface area contributed by atoms with Gasteiger partial charge in [-0.3, -0.25) is 14.8 Å². The van der Waals surface area contributed by atoms with Crippen LogP contribution in [-0.2, 0) is 4.74 Å². The number of amides is 1. The molecular weight excluding hydrogens is 380 g/mol. The Morgan fingerprint density at radius 1 is 0.933 bits per heavy atom. The fourth-order valence-electron chi connectivity index (χ4n) is 3.07. The van der Waals surface area contributed by atoms with Gasteiger partial charge in [-0.15, -0.1) is 0 Å². The maximum absolute atomic E-state index is 12.8. The number of benzene rings is 2. The highest BCUT2D eigenvalue weighted by Crippen LogP contribution is 2.25. The summed E-state index contributed by atoms with van der Waals surface area (Å²) in [5.74, 6) is -0.915. The van der Waals surface area contributed by atoms with Gasteiger partial charge in [0.25, 0.3) is 5.91 Å². The first-order valence-electron chi connectivity index (χ1n) is 9.20.